The van der Waals surface area contributed by atoms with Crippen molar-refractivity contribution in [2.75, 3.05) is 0 Å². The summed E-state index contributed by atoms with van der Waals surface area (Å²) in [6, 6.07) is 0. The molecule has 0 aliphatic carbocycles. The van der Waals surface area contributed by atoms with E-state index < -0.39 is 31.2 Å². The van der Waals surface area contributed by atoms with Gasteiger partial charge in [0.25, 0.3) is 0 Å². The molecule has 0 aromatic heterocycles. The van der Waals surface area contributed by atoms with Crippen molar-refractivity contribution in [1.29, 1.82) is 0 Å². The van der Waals surface area contributed by atoms with Crippen LogP contribution < -0.4 is 0 Å². The molecule has 0 bridgehead atoms. The van der Waals surface area contributed by atoms with Gasteiger partial charge in [0.1, 0.15) is 0 Å². The average Bonchev–Trinajstić information content (AvgIpc) is 1.41. The Hall–Kier alpha value is 0.409. The van der Waals surface area contributed by atoms with Crippen molar-refractivity contribution >= 4 is 55.1 Å². The second-order valence-electron chi connectivity index (χ2n) is 1.26. The molecular weight excluding hydrogens is 407 g/mol. The van der Waals surface area contributed by atoms with Crippen LogP contribution in [0, 0.1) is 0 Å². The Bertz CT molecular complexity index is 337. The Kier molecular flexibility index (Phi) is 14.9. The van der Waals surface area contributed by atoms with Crippen molar-refractivity contribution in [3.8, 4) is 0 Å². The van der Waals surface area contributed by atoms with Crippen LogP contribution in [0.2, 0.25) is 0 Å². The molecule has 0 saturated heterocycles. The summed E-state index contributed by atoms with van der Waals surface area (Å²) in [5.74, 6) is 0. The predicted molar refractivity (Wildman–Crippen MR) is 40.9 cm³/mol. The summed E-state index contributed by atoms with van der Waals surface area (Å²) in [6.45, 7) is 0. The molecule has 2 N–H and O–H groups in total. The van der Waals surface area contributed by atoms with E-state index in [2.05, 4.69) is 0 Å². The number of hydrogen-bond acceptors (Lipinski definition) is 10. The van der Waals surface area contributed by atoms with Gasteiger partial charge in [-0.2, -0.15) is 8.42 Å². The molecule has 0 aliphatic rings. The zero-order valence-electron chi connectivity index (χ0n) is 6.70. The summed E-state index contributed by atoms with van der Waals surface area (Å²) in [5, 5.41) is 0. The average molecular weight is 409 g/mol. The Morgan fingerprint density at radius 3 is 0.625 bits per heavy atom. The molecule has 0 spiro atoms. The van der Waals surface area contributed by atoms with Gasteiger partial charge in [0.15, 0.2) is 0 Å². The van der Waals surface area contributed by atoms with E-state index in [9.17, 15) is 0 Å². The van der Waals surface area contributed by atoms with Crippen LogP contribution in [-0.2, 0) is 31.2 Å². The van der Waals surface area contributed by atoms with Crippen LogP contribution in [0.4, 0.5) is 0 Å². The second kappa shape index (κ2) is 9.44. The van der Waals surface area contributed by atoms with E-state index >= 15 is 0 Å². The van der Waals surface area contributed by atoms with Gasteiger partial charge in [-0.3, -0.25) is 25.9 Å². The van der Waals surface area contributed by atoms with Crippen molar-refractivity contribution < 1.29 is 52.6 Å². The molecule has 96 valence electrons. The van der Waals surface area contributed by atoms with E-state index in [1.54, 1.807) is 0 Å². The zero-order chi connectivity index (χ0) is 13.5. The Morgan fingerprint density at radius 2 is 0.625 bits per heavy atom. The van der Waals surface area contributed by atoms with E-state index in [0.717, 1.165) is 0 Å². The van der Waals surface area contributed by atoms with Gasteiger partial charge in [-0.05, 0) is 0 Å². The maximum atomic E-state index is 8.74. The van der Waals surface area contributed by atoms with Crippen molar-refractivity contribution in [3.05, 3.63) is 0 Å². The predicted octanol–water partition coefficient (Wildman–Crippen LogP) is -3.71. The first-order valence-corrected chi connectivity index (χ1v) is 6.10. The molecule has 0 saturated carbocycles. The normalized spacial score (nSPS) is 10.9. The Labute approximate surface area is 107 Å². The molecule has 0 heterocycles. The standard InChI is InChI=1S/3H2O4S.Sn/c3*1-5(2,3)4;/h3*(H2,1,2,3,4);/q;;;+4/p-4. The smallest absolute Gasteiger partial charge is 0.759 e. The molecule has 0 radical (unpaired) electrons. The summed E-state index contributed by atoms with van der Waals surface area (Å²) in [6.07, 6.45) is 0. The van der Waals surface area contributed by atoms with Crippen molar-refractivity contribution in [2.45, 2.75) is 0 Å². The summed E-state index contributed by atoms with van der Waals surface area (Å²) in [5.41, 5.74) is 0. The molecule has 0 aromatic rings. The molecule has 0 aliphatic heterocycles. The third-order valence-electron chi connectivity index (χ3n) is 0. The van der Waals surface area contributed by atoms with Gasteiger partial charge >= 0.3 is 34.3 Å². The fraction of sp³-hybridized carbons (Fsp3) is 0. The zero-order valence-corrected chi connectivity index (χ0v) is 12.0. The summed E-state index contributed by atoms with van der Waals surface area (Å²) in [4.78, 5) is 0. The van der Waals surface area contributed by atoms with Gasteiger partial charge in [-0.1, -0.05) is 0 Å². The van der Waals surface area contributed by atoms with Gasteiger partial charge in [0.05, 0.1) is 0 Å². The maximum Gasteiger partial charge on any atom is 4.00 e. The van der Waals surface area contributed by atoms with Crippen LogP contribution in [0.1, 0.15) is 0 Å². The van der Waals surface area contributed by atoms with Gasteiger partial charge in [-0.15, -0.1) is 0 Å². The molecular formula is H2O12S3Sn. The van der Waals surface area contributed by atoms with Crippen LogP contribution in [0.3, 0.4) is 0 Å². The molecule has 0 unspecified atom stereocenters. The van der Waals surface area contributed by atoms with Crippen molar-refractivity contribution in [2.24, 2.45) is 0 Å². The summed E-state index contributed by atoms with van der Waals surface area (Å²) in [7, 11) is -15.0. The first kappa shape index (κ1) is 25.3. The van der Waals surface area contributed by atoms with Gasteiger partial charge in [-0.25, -0.2) is 0 Å². The van der Waals surface area contributed by atoms with Crippen molar-refractivity contribution in [3.63, 3.8) is 0 Å². The minimum atomic E-state index is -5.17. The number of rotatable bonds is 0. The summed E-state index contributed by atoms with van der Waals surface area (Å²) >= 11 is 0. The van der Waals surface area contributed by atoms with E-state index in [-0.39, 0.29) is 23.9 Å². The molecule has 12 nitrogen and oxygen atoms in total. The minimum Gasteiger partial charge on any atom is -0.759 e. The van der Waals surface area contributed by atoms with Gasteiger partial charge < -0.3 is 18.2 Å². The van der Waals surface area contributed by atoms with Crippen LogP contribution in [-0.4, -0.2) is 76.5 Å². The molecule has 16 heteroatoms. The quantitative estimate of drug-likeness (QED) is 0.223. The molecule has 0 amide bonds. The van der Waals surface area contributed by atoms with E-state index in [0.29, 0.717) is 0 Å². The topological polar surface area (TPSA) is 235 Å². The third kappa shape index (κ3) is 15500. The monoisotopic (exact) mass is 410 g/mol. The van der Waals surface area contributed by atoms with E-state index in [1.807, 2.05) is 0 Å². The largest absolute Gasteiger partial charge is 4.00 e. The van der Waals surface area contributed by atoms with Crippen molar-refractivity contribution in [1.82, 2.24) is 0 Å². The molecule has 16 heavy (non-hydrogen) atoms. The van der Waals surface area contributed by atoms with Crippen LogP contribution >= 0.6 is 0 Å². The maximum absolute atomic E-state index is 8.74. The van der Waals surface area contributed by atoms with Crippen LogP contribution in [0.25, 0.3) is 0 Å². The number of hydrogen-bond donors (Lipinski definition) is 2. The molecule has 0 rings (SSSR count). The molecule has 0 aromatic carbocycles. The van der Waals surface area contributed by atoms with Gasteiger partial charge in [0, 0.05) is 20.8 Å². The van der Waals surface area contributed by atoms with Gasteiger partial charge in [0.2, 0.25) is 0 Å². The fourth-order valence-electron chi connectivity index (χ4n) is 0. The Morgan fingerprint density at radius 1 is 0.625 bits per heavy atom. The molecule has 0 fully saturated rings. The van der Waals surface area contributed by atoms with E-state index in [1.165, 1.54) is 0 Å². The SMILES string of the molecule is O=S(=O)(O)O.O=S(=O)([O-])[O-].O=S(=O)([O-])[O-].[Sn+4]. The van der Waals surface area contributed by atoms with Crippen LogP contribution in [0.15, 0.2) is 0 Å². The summed E-state index contributed by atoms with van der Waals surface area (Å²) < 4.78 is 99.7. The fourth-order valence-corrected chi connectivity index (χ4v) is 0. The molecule has 0 atom stereocenters. The Balaban J connectivity index is -0.0000000655. The van der Waals surface area contributed by atoms with Crippen LogP contribution in [0.5, 0.6) is 0 Å². The van der Waals surface area contributed by atoms with E-state index in [4.69, 9.17) is 52.6 Å². The first-order valence-electron chi connectivity index (χ1n) is 2.03. The first-order chi connectivity index (χ1) is 6.00. The minimum absolute atomic E-state index is 0. The second-order valence-corrected chi connectivity index (χ2v) is 3.79. The third-order valence-corrected chi connectivity index (χ3v) is 0.